The highest BCUT2D eigenvalue weighted by atomic mass is 35.5. The molecule has 2 N–H and O–H groups in total. The van der Waals surface area contributed by atoms with Crippen molar-refractivity contribution in [2.45, 2.75) is 24.3 Å². The van der Waals surface area contributed by atoms with E-state index in [1.54, 1.807) is 0 Å². The average Bonchev–Trinajstić information content (AvgIpc) is 2.32. The van der Waals surface area contributed by atoms with E-state index in [-0.39, 0.29) is 29.3 Å². The van der Waals surface area contributed by atoms with Crippen LogP contribution in [0.2, 0.25) is 0 Å². The van der Waals surface area contributed by atoms with Gasteiger partial charge in [-0.1, -0.05) is 13.0 Å². The molecule has 1 aromatic rings. The molecule has 0 radical (unpaired) electrons. The van der Waals surface area contributed by atoms with Crippen molar-refractivity contribution in [1.29, 1.82) is 0 Å². The number of rotatable bonds is 3. The van der Waals surface area contributed by atoms with Gasteiger partial charge in [0.15, 0.2) is 0 Å². The number of nitrogens with one attached hydrogen (secondary N) is 2. The van der Waals surface area contributed by atoms with Crippen LogP contribution in [0.15, 0.2) is 29.2 Å². The first-order valence-corrected chi connectivity index (χ1v) is 7.46. The Kier molecular flexibility index (Phi) is 5.73. The van der Waals surface area contributed by atoms with Crippen LogP contribution in [0.3, 0.4) is 0 Å². The third-order valence-electron chi connectivity index (χ3n) is 3.24. The third-order valence-corrected chi connectivity index (χ3v) is 4.73. The van der Waals surface area contributed by atoms with Gasteiger partial charge < -0.3 is 5.32 Å². The zero-order valence-corrected chi connectivity index (χ0v) is 12.2. The summed E-state index contributed by atoms with van der Waals surface area (Å²) in [6, 6.07) is 4.90. The number of hydrogen-bond acceptors (Lipinski definition) is 3. The minimum atomic E-state index is -3.65. The Morgan fingerprint density at radius 1 is 1.42 bits per heavy atom. The molecule has 1 heterocycles. The summed E-state index contributed by atoms with van der Waals surface area (Å²) in [5.41, 5.74) is 0. The smallest absolute Gasteiger partial charge is 0.240 e. The van der Waals surface area contributed by atoms with Crippen molar-refractivity contribution in [3.05, 3.63) is 30.1 Å². The number of hydrogen-bond donors (Lipinski definition) is 2. The van der Waals surface area contributed by atoms with Gasteiger partial charge in [-0.25, -0.2) is 17.5 Å². The largest absolute Gasteiger partial charge is 0.315 e. The van der Waals surface area contributed by atoms with Crippen LogP contribution in [0.4, 0.5) is 4.39 Å². The van der Waals surface area contributed by atoms with Crippen molar-refractivity contribution in [2.75, 3.05) is 13.1 Å². The standard InChI is InChI=1S/C12H17FN2O2S.ClH/c1-9-5-6-14-8-12(9)15-18(16,17)11-4-2-3-10(13)7-11;/h2-4,7,9,12,14-15H,5-6,8H2,1H3;1H. The van der Waals surface area contributed by atoms with Gasteiger partial charge in [0.25, 0.3) is 0 Å². The van der Waals surface area contributed by atoms with Gasteiger partial charge in [0, 0.05) is 12.6 Å². The predicted molar refractivity (Wildman–Crippen MR) is 74.4 cm³/mol. The minimum Gasteiger partial charge on any atom is -0.315 e. The van der Waals surface area contributed by atoms with Gasteiger partial charge in [-0.2, -0.15) is 0 Å². The van der Waals surface area contributed by atoms with Crippen LogP contribution in [0.25, 0.3) is 0 Å². The van der Waals surface area contributed by atoms with Crippen LogP contribution in [-0.2, 0) is 10.0 Å². The molecule has 2 atom stereocenters. The summed E-state index contributed by atoms with van der Waals surface area (Å²) in [5, 5.41) is 3.15. The second-order valence-corrected chi connectivity index (χ2v) is 6.37. The number of benzene rings is 1. The maximum atomic E-state index is 13.0. The first kappa shape index (κ1) is 16.4. The van der Waals surface area contributed by atoms with Crippen LogP contribution in [0.5, 0.6) is 0 Å². The van der Waals surface area contributed by atoms with Crippen molar-refractivity contribution in [2.24, 2.45) is 5.92 Å². The molecule has 19 heavy (non-hydrogen) atoms. The Morgan fingerprint density at radius 3 is 2.79 bits per heavy atom. The highest BCUT2D eigenvalue weighted by molar-refractivity contribution is 7.89. The van der Waals surface area contributed by atoms with E-state index in [0.717, 1.165) is 19.0 Å². The van der Waals surface area contributed by atoms with Gasteiger partial charge in [0.05, 0.1) is 4.90 Å². The summed E-state index contributed by atoms with van der Waals surface area (Å²) in [6.07, 6.45) is 0.927. The second-order valence-electron chi connectivity index (χ2n) is 4.66. The predicted octanol–water partition coefficient (Wildman–Crippen LogP) is 1.52. The first-order valence-electron chi connectivity index (χ1n) is 5.97. The molecule has 1 saturated heterocycles. The lowest BCUT2D eigenvalue weighted by Gasteiger charge is -2.29. The van der Waals surface area contributed by atoms with Gasteiger partial charge in [0.1, 0.15) is 5.82 Å². The van der Waals surface area contributed by atoms with Crippen LogP contribution >= 0.6 is 12.4 Å². The molecule has 0 bridgehead atoms. The summed E-state index contributed by atoms with van der Waals surface area (Å²) in [6.45, 7) is 3.52. The summed E-state index contributed by atoms with van der Waals surface area (Å²) in [7, 11) is -3.65. The van der Waals surface area contributed by atoms with Gasteiger partial charge in [-0.15, -0.1) is 12.4 Å². The highest BCUT2D eigenvalue weighted by Crippen LogP contribution is 2.16. The Bertz CT molecular complexity index is 524. The van der Waals surface area contributed by atoms with Crippen molar-refractivity contribution in [1.82, 2.24) is 10.0 Å². The maximum absolute atomic E-state index is 13.0. The first-order chi connectivity index (χ1) is 8.49. The topological polar surface area (TPSA) is 58.2 Å². The summed E-state index contributed by atoms with van der Waals surface area (Å²) in [4.78, 5) is -0.0275. The lowest BCUT2D eigenvalue weighted by Crippen LogP contribution is -2.50. The molecule has 2 rings (SSSR count). The quantitative estimate of drug-likeness (QED) is 0.890. The van der Waals surface area contributed by atoms with Crippen LogP contribution < -0.4 is 10.0 Å². The van der Waals surface area contributed by atoms with E-state index in [1.165, 1.54) is 18.2 Å². The van der Waals surface area contributed by atoms with Gasteiger partial charge in [-0.3, -0.25) is 0 Å². The lowest BCUT2D eigenvalue weighted by molar-refractivity contribution is 0.327. The SMILES string of the molecule is CC1CCNCC1NS(=O)(=O)c1cccc(F)c1.Cl. The molecule has 4 nitrogen and oxygen atoms in total. The summed E-state index contributed by atoms with van der Waals surface area (Å²) < 4.78 is 39.9. The maximum Gasteiger partial charge on any atom is 0.240 e. The molecule has 1 aliphatic heterocycles. The van der Waals surface area contributed by atoms with Crippen LogP contribution in [0, 0.1) is 11.7 Å². The Hall–Kier alpha value is -0.690. The molecule has 1 fully saturated rings. The van der Waals surface area contributed by atoms with Gasteiger partial charge in [0.2, 0.25) is 10.0 Å². The van der Waals surface area contributed by atoms with E-state index in [0.29, 0.717) is 6.54 Å². The summed E-state index contributed by atoms with van der Waals surface area (Å²) in [5.74, 6) is -0.276. The van der Waals surface area contributed by atoms with Crippen molar-refractivity contribution in [3.8, 4) is 0 Å². The van der Waals surface area contributed by atoms with Crippen LogP contribution in [0.1, 0.15) is 13.3 Å². The third kappa shape index (κ3) is 4.14. The molecule has 1 aliphatic rings. The molecule has 0 spiro atoms. The molecule has 1 aromatic carbocycles. The fourth-order valence-corrected chi connectivity index (χ4v) is 3.42. The van der Waals surface area contributed by atoms with E-state index < -0.39 is 15.8 Å². The monoisotopic (exact) mass is 308 g/mol. The Labute approximate surface area is 119 Å². The van der Waals surface area contributed by atoms with E-state index in [9.17, 15) is 12.8 Å². The van der Waals surface area contributed by atoms with Gasteiger partial charge in [-0.05, 0) is 37.1 Å². The molecular formula is C12H18ClFN2O2S. The lowest BCUT2D eigenvalue weighted by atomic mass is 9.96. The average molecular weight is 309 g/mol. The molecule has 108 valence electrons. The molecule has 0 aliphatic carbocycles. The zero-order chi connectivity index (χ0) is 13.2. The molecule has 0 amide bonds. The van der Waals surface area contributed by atoms with E-state index in [4.69, 9.17) is 0 Å². The fraction of sp³-hybridized carbons (Fsp3) is 0.500. The molecular weight excluding hydrogens is 291 g/mol. The number of sulfonamides is 1. The van der Waals surface area contributed by atoms with E-state index in [1.807, 2.05) is 6.92 Å². The van der Waals surface area contributed by atoms with E-state index in [2.05, 4.69) is 10.0 Å². The van der Waals surface area contributed by atoms with E-state index >= 15 is 0 Å². The zero-order valence-electron chi connectivity index (χ0n) is 10.6. The molecule has 7 heteroatoms. The minimum absolute atomic E-state index is 0. The molecule has 0 saturated carbocycles. The fourth-order valence-electron chi connectivity index (χ4n) is 2.05. The van der Waals surface area contributed by atoms with Crippen molar-refractivity contribution >= 4 is 22.4 Å². The Balaban J connectivity index is 0.00000180. The van der Waals surface area contributed by atoms with Crippen molar-refractivity contribution in [3.63, 3.8) is 0 Å². The highest BCUT2D eigenvalue weighted by Gasteiger charge is 2.26. The number of piperidine rings is 1. The second kappa shape index (κ2) is 6.65. The normalized spacial score (nSPS) is 23.7. The van der Waals surface area contributed by atoms with Gasteiger partial charge >= 0.3 is 0 Å². The van der Waals surface area contributed by atoms with Crippen LogP contribution in [-0.4, -0.2) is 27.5 Å². The molecule has 2 unspecified atom stereocenters. The molecule has 0 aromatic heterocycles. The Morgan fingerprint density at radius 2 is 2.16 bits per heavy atom. The van der Waals surface area contributed by atoms with Crippen molar-refractivity contribution < 1.29 is 12.8 Å². The number of halogens is 2. The summed E-state index contributed by atoms with van der Waals surface area (Å²) >= 11 is 0.